The first-order chi connectivity index (χ1) is 11.2. The zero-order valence-corrected chi connectivity index (χ0v) is 12.7. The number of hydrogen-bond donors (Lipinski definition) is 1. The summed E-state index contributed by atoms with van der Waals surface area (Å²) in [6.07, 6.45) is 2.64. The Morgan fingerprint density at radius 3 is 2.70 bits per heavy atom. The molecule has 0 spiro atoms. The van der Waals surface area contributed by atoms with Crippen LogP contribution >= 0.6 is 12.2 Å². The van der Waals surface area contributed by atoms with Gasteiger partial charge in [0.1, 0.15) is 17.7 Å². The molecule has 6 nitrogen and oxygen atoms in total. The van der Waals surface area contributed by atoms with Crippen LogP contribution in [0.15, 0.2) is 70.7 Å². The first kappa shape index (κ1) is 14.9. The number of benzene rings is 2. The maximum absolute atomic E-state index is 11.6. The average Bonchev–Trinajstić information content (AvgIpc) is 2.56. The lowest BCUT2D eigenvalue weighted by Gasteiger charge is -2.05. The Kier molecular flexibility index (Phi) is 4.39. The van der Waals surface area contributed by atoms with Crippen molar-refractivity contribution in [2.75, 3.05) is 0 Å². The summed E-state index contributed by atoms with van der Waals surface area (Å²) >= 11 is 4.97. The number of para-hydroxylation sites is 1. The van der Waals surface area contributed by atoms with Gasteiger partial charge in [-0.1, -0.05) is 30.3 Å². The minimum atomic E-state index is -0.401. The van der Waals surface area contributed by atoms with Crippen LogP contribution in [-0.4, -0.2) is 21.1 Å². The molecule has 23 heavy (non-hydrogen) atoms. The summed E-state index contributed by atoms with van der Waals surface area (Å²) in [6.45, 7) is 0. The van der Waals surface area contributed by atoms with E-state index in [-0.39, 0.29) is 4.77 Å². The second-order valence-electron chi connectivity index (χ2n) is 4.56. The van der Waals surface area contributed by atoms with Crippen LogP contribution in [0.25, 0.3) is 0 Å². The quantitative estimate of drug-likeness (QED) is 0.591. The van der Waals surface area contributed by atoms with Gasteiger partial charge in [-0.15, -0.1) is 0 Å². The van der Waals surface area contributed by atoms with E-state index in [2.05, 4.69) is 15.3 Å². The highest BCUT2D eigenvalue weighted by atomic mass is 32.1. The van der Waals surface area contributed by atoms with Crippen LogP contribution in [0.1, 0.15) is 5.56 Å². The average molecular weight is 324 g/mol. The molecule has 1 heterocycles. The highest BCUT2D eigenvalue weighted by Crippen LogP contribution is 2.21. The van der Waals surface area contributed by atoms with Crippen LogP contribution in [0, 0.1) is 4.77 Å². The standard InChI is InChI=1S/C16H12N4O2S/c21-15-11-17-19-16(23)20(15)18-10-12-5-4-8-14(9-12)22-13-6-2-1-3-7-13/h1-11H,(H,19,23)/b18-10+. The number of rotatable bonds is 4. The van der Waals surface area contributed by atoms with E-state index in [0.29, 0.717) is 5.75 Å². The summed E-state index contributed by atoms with van der Waals surface area (Å²) < 4.78 is 6.94. The lowest BCUT2D eigenvalue weighted by atomic mass is 10.2. The Morgan fingerprint density at radius 2 is 1.91 bits per heavy atom. The fourth-order valence-electron chi connectivity index (χ4n) is 1.86. The van der Waals surface area contributed by atoms with Crippen molar-refractivity contribution in [1.29, 1.82) is 0 Å². The van der Waals surface area contributed by atoms with Gasteiger partial charge in [-0.25, -0.2) is 0 Å². The van der Waals surface area contributed by atoms with Gasteiger partial charge in [-0.05, 0) is 42.0 Å². The van der Waals surface area contributed by atoms with E-state index < -0.39 is 5.56 Å². The van der Waals surface area contributed by atoms with Crippen molar-refractivity contribution in [3.8, 4) is 11.5 Å². The van der Waals surface area contributed by atoms with Crippen molar-refractivity contribution < 1.29 is 4.74 Å². The SMILES string of the molecule is O=c1cn[nH]c(=S)n1/N=C/c1cccc(Oc2ccccc2)c1. The molecule has 0 amide bonds. The second kappa shape index (κ2) is 6.80. The molecule has 0 fully saturated rings. The zero-order chi connectivity index (χ0) is 16.1. The summed E-state index contributed by atoms with van der Waals surface area (Å²) in [6, 6.07) is 16.8. The molecular formula is C16H12N4O2S. The van der Waals surface area contributed by atoms with Gasteiger partial charge in [0, 0.05) is 0 Å². The third-order valence-electron chi connectivity index (χ3n) is 2.90. The minimum Gasteiger partial charge on any atom is -0.457 e. The lowest BCUT2D eigenvalue weighted by molar-refractivity contribution is 0.482. The van der Waals surface area contributed by atoms with Gasteiger partial charge >= 0.3 is 0 Å². The van der Waals surface area contributed by atoms with E-state index in [1.165, 1.54) is 6.21 Å². The van der Waals surface area contributed by atoms with Crippen LogP contribution in [0.4, 0.5) is 0 Å². The van der Waals surface area contributed by atoms with Crippen LogP contribution in [0.3, 0.4) is 0 Å². The molecule has 0 aliphatic carbocycles. The molecule has 7 heteroatoms. The van der Waals surface area contributed by atoms with Crippen LogP contribution in [-0.2, 0) is 0 Å². The largest absolute Gasteiger partial charge is 0.457 e. The van der Waals surface area contributed by atoms with Crippen LogP contribution in [0.2, 0.25) is 0 Å². The van der Waals surface area contributed by atoms with Gasteiger partial charge in [0.25, 0.3) is 5.56 Å². The second-order valence-corrected chi connectivity index (χ2v) is 4.94. The van der Waals surface area contributed by atoms with Crippen LogP contribution < -0.4 is 10.3 Å². The molecule has 0 atom stereocenters. The minimum absolute atomic E-state index is 0.130. The molecule has 0 saturated carbocycles. The van der Waals surface area contributed by atoms with Gasteiger partial charge in [0.05, 0.1) is 6.21 Å². The number of nitrogens with zero attached hydrogens (tertiary/aromatic N) is 3. The molecule has 1 N–H and O–H groups in total. The topological polar surface area (TPSA) is 72.3 Å². The first-order valence-corrected chi connectivity index (χ1v) is 7.17. The predicted molar refractivity (Wildman–Crippen MR) is 89.6 cm³/mol. The molecule has 3 aromatic rings. The summed E-state index contributed by atoms with van der Waals surface area (Å²) in [7, 11) is 0. The third-order valence-corrected chi connectivity index (χ3v) is 3.16. The Balaban J connectivity index is 1.84. The third kappa shape index (κ3) is 3.78. The summed E-state index contributed by atoms with van der Waals surface area (Å²) in [5.41, 5.74) is 0.373. The smallest absolute Gasteiger partial charge is 0.293 e. The fraction of sp³-hybridized carbons (Fsp3) is 0. The van der Waals surface area contributed by atoms with Crippen molar-refractivity contribution in [3.05, 3.63) is 81.5 Å². The number of ether oxygens (including phenoxy) is 1. The normalized spacial score (nSPS) is 10.8. The predicted octanol–water partition coefficient (Wildman–Crippen LogP) is 2.98. The maximum atomic E-state index is 11.6. The molecule has 0 aliphatic rings. The molecule has 0 saturated heterocycles. The van der Waals surface area contributed by atoms with E-state index in [1.54, 1.807) is 0 Å². The molecule has 3 rings (SSSR count). The van der Waals surface area contributed by atoms with E-state index in [9.17, 15) is 4.79 Å². The Bertz CT molecular complexity index is 920. The van der Waals surface area contributed by atoms with Gasteiger partial charge < -0.3 is 4.74 Å². The number of aromatic nitrogens is 3. The Morgan fingerprint density at radius 1 is 1.13 bits per heavy atom. The van der Waals surface area contributed by atoms with E-state index in [1.807, 2.05) is 54.6 Å². The summed E-state index contributed by atoms with van der Waals surface area (Å²) in [5, 5.41) is 10.2. The zero-order valence-electron chi connectivity index (χ0n) is 11.9. The van der Waals surface area contributed by atoms with E-state index in [0.717, 1.165) is 22.2 Å². The highest BCUT2D eigenvalue weighted by Gasteiger charge is 1.98. The van der Waals surface area contributed by atoms with Crippen molar-refractivity contribution >= 4 is 18.4 Å². The summed E-state index contributed by atoms with van der Waals surface area (Å²) in [4.78, 5) is 11.6. The fourth-order valence-corrected chi connectivity index (χ4v) is 2.05. The summed E-state index contributed by atoms with van der Waals surface area (Å²) in [5.74, 6) is 1.42. The van der Waals surface area contributed by atoms with Gasteiger partial charge in [0.15, 0.2) is 0 Å². The number of aromatic amines is 1. The number of nitrogens with one attached hydrogen (secondary N) is 1. The van der Waals surface area contributed by atoms with Gasteiger partial charge in [-0.3, -0.25) is 9.89 Å². The molecule has 0 aliphatic heterocycles. The van der Waals surface area contributed by atoms with Crippen molar-refractivity contribution in [2.45, 2.75) is 0 Å². The molecule has 2 aromatic carbocycles. The molecule has 0 unspecified atom stereocenters. The van der Waals surface area contributed by atoms with Crippen molar-refractivity contribution in [1.82, 2.24) is 14.9 Å². The maximum Gasteiger partial charge on any atom is 0.293 e. The number of H-pyrrole nitrogens is 1. The Hall–Kier alpha value is -3.06. The first-order valence-electron chi connectivity index (χ1n) is 6.76. The highest BCUT2D eigenvalue weighted by molar-refractivity contribution is 7.71. The molecular weight excluding hydrogens is 312 g/mol. The van der Waals surface area contributed by atoms with Crippen molar-refractivity contribution in [3.63, 3.8) is 0 Å². The van der Waals surface area contributed by atoms with Gasteiger partial charge in [0.2, 0.25) is 4.77 Å². The molecule has 1 aromatic heterocycles. The molecule has 0 bridgehead atoms. The Labute approximate surface area is 136 Å². The van der Waals surface area contributed by atoms with Gasteiger partial charge in [-0.2, -0.15) is 14.9 Å². The monoisotopic (exact) mass is 324 g/mol. The van der Waals surface area contributed by atoms with E-state index in [4.69, 9.17) is 17.0 Å². The molecule has 0 radical (unpaired) electrons. The number of hydrogen-bond acceptors (Lipinski definition) is 5. The lowest BCUT2D eigenvalue weighted by Crippen LogP contribution is -2.18. The van der Waals surface area contributed by atoms with Crippen molar-refractivity contribution in [2.24, 2.45) is 5.10 Å². The van der Waals surface area contributed by atoms with Crippen LogP contribution in [0.5, 0.6) is 11.5 Å². The molecule has 114 valence electrons. The van der Waals surface area contributed by atoms with E-state index >= 15 is 0 Å².